The molecule has 2 atom stereocenters. The van der Waals surface area contributed by atoms with Gasteiger partial charge < -0.3 is 23.7 Å². The maximum atomic E-state index is 6.97. The second-order valence-corrected chi connectivity index (χ2v) is 11.7. The first-order chi connectivity index (χ1) is 19.7. The average Bonchev–Trinajstić information content (AvgIpc) is 3.57. The van der Waals surface area contributed by atoms with Crippen LogP contribution in [0.3, 0.4) is 0 Å². The third-order valence-electron chi connectivity index (χ3n) is 7.22. The van der Waals surface area contributed by atoms with Crippen molar-refractivity contribution in [3.63, 3.8) is 0 Å². The first kappa shape index (κ1) is 30.5. The van der Waals surface area contributed by atoms with Crippen LogP contribution in [0.1, 0.15) is 78.4 Å². The van der Waals surface area contributed by atoms with E-state index in [-0.39, 0.29) is 25.8 Å². The van der Waals surface area contributed by atoms with Crippen LogP contribution >= 0.6 is 0 Å². The van der Waals surface area contributed by atoms with Crippen LogP contribution in [0.15, 0.2) is 83.0 Å². The lowest BCUT2D eigenvalue weighted by Crippen LogP contribution is -2.24. The number of benzene rings is 2. The topological polar surface area (TPSA) is 46.2 Å². The molecule has 41 heavy (non-hydrogen) atoms. The Kier molecular flexibility index (Phi) is 11.1. The Balaban J connectivity index is 1.58. The van der Waals surface area contributed by atoms with Crippen molar-refractivity contribution in [1.29, 1.82) is 0 Å². The Hall–Kier alpha value is -3.44. The van der Waals surface area contributed by atoms with Crippen molar-refractivity contribution in [2.75, 3.05) is 13.6 Å². The summed E-state index contributed by atoms with van der Waals surface area (Å²) in [6.07, 6.45) is 14.6. The van der Waals surface area contributed by atoms with Gasteiger partial charge in [0.1, 0.15) is 0 Å². The van der Waals surface area contributed by atoms with Crippen LogP contribution < -0.4 is 18.9 Å². The van der Waals surface area contributed by atoms with Crippen molar-refractivity contribution < 1.29 is 23.7 Å². The van der Waals surface area contributed by atoms with Crippen molar-refractivity contribution in [3.8, 4) is 23.0 Å². The quantitative estimate of drug-likeness (QED) is 0.216. The number of rotatable bonds is 14. The summed E-state index contributed by atoms with van der Waals surface area (Å²) in [5.74, 6) is 3.21. The van der Waals surface area contributed by atoms with Gasteiger partial charge in [-0.25, -0.2) is 0 Å². The molecule has 2 heterocycles. The van der Waals surface area contributed by atoms with Gasteiger partial charge in [0.25, 0.3) is 0 Å². The molecule has 2 unspecified atom stereocenters. The Bertz CT molecular complexity index is 1190. The molecular formula is C36H46O5. The highest BCUT2D eigenvalue weighted by atomic mass is 16.7. The van der Waals surface area contributed by atoms with Crippen LogP contribution in [0.2, 0.25) is 0 Å². The first-order valence-electron chi connectivity index (χ1n) is 14.8. The molecule has 0 radical (unpaired) electrons. The molecule has 0 aromatic heterocycles. The zero-order valence-corrected chi connectivity index (χ0v) is 25.6. The fourth-order valence-electron chi connectivity index (χ4n) is 5.10. The number of hydrogen-bond acceptors (Lipinski definition) is 5. The molecule has 5 nitrogen and oxygen atoms in total. The Morgan fingerprint density at radius 3 is 1.46 bits per heavy atom. The molecule has 0 bridgehead atoms. The Morgan fingerprint density at radius 1 is 0.634 bits per heavy atom. The van der Waals surface area contributed by atoms with E-state index in [9.17, 15) is 0 Å². The van der Waals surface area contributed by atoms with Crippen LogP contribution in [0.5, 0.6) is 23.0 Å². The minimum Gasteiger partial charge on any atom is -0.454 e. The third-order valence-corrected chi connectivity index (χ3v) is 7.22. The van der Waals surface area contributed by atoms with E-state index in [0.717, 1.165) is 61.5 Å². The molecular weight excluding hydrogens is 512 g/mol. The molecule has 2 aliphatic heterocycles. The van der Waals surface area contributed by atoms with E-state index in [1.165, 1.54) is 33.4 Å². The fraction of sp³-hybridized carbons (Fsp3) is 0.444. The van der Waals surface area contributed by atoms with Gasteiger partial charge in [0.15, 0.2) is 23.0 Å². The van der Waals surface area contributed by atoms with Gasteiger partial charge in [0.2, 0.25) is 13.6 Å². The van der Waals surface area contributed by atoms with E-state index in [2.05, 4.69) is 90.1 Å². The number of fused-ring (bicyclic) bond motifs is 2. The van der Waals surface area contributed by atoms with E-state index >= 15 is 0 Å². The molecule has 0 saturated heterocycles. The summed E-state index contributed by atoms with van der Waals surface area (Å²) in [4.78, 5) is 0. The molecule has 0 fully saturated rings. The predicted molar refractivity (Wildman–Crippen MR) is 166 cm³/mol. The van der Waals surface area contributed by atoms with Crippen LogP contribution in [0.4, 0.5) is 0 Å². The van der Waals surface area contributed by atoms with Gasteiger partial charge in [-0.05, 0) is 103 Å². The largest absolute Gasteiger partial charge is 0.454 e. The molecule has 0 aliphatic carbocycles. The zero-order valence-electron chi connectivity index (χ0n) is 25.6. The lowest BCUT2D eigenvalue weighted by Gasteiger charge is -2.23. The molecule has 2 aliphatic rings. The fourth-order valence-corrected chi connectivity index (χ4v) is 5.10. The summed E-state index contributed by atoms with van der Waals surface area (Å²) in [5.41, 5.74) is 7.70. The van der Waals surface area contributed by atoms with Crippen molar-refractivity contribution >= 4 is 0 Å². The second kappa shape index (κ2) is 15.0. The van der Waals surface area contributed by atoms with E-state index in [1.54, 1.807) is 0 Å². The molecule has 2 aromatic rings. The van der Waals surface area contributed by atoms with Crippen LogP contribution in [-0.2, 0) is 17.6 Å². The van der Waals surface area contributed by atoms with Gasteiger partial charge in [-0.2, -0.15) is 0 Å². The van der Waals surface area contributed by atoms with Crippen molar-refractivity contribution in [2.45, 2.75) is 92.3 Å². The molecule has 220 valence electrons. The summed E-state index contributed by atoms with van der Waals surface area (Å²) in [7, 11) is 0. The number of allylic oxidation sites excluding steroid dienone is 6. The maximum Gasteiger partial charge on any atom is 0.231 e. The smallest absolute Gasteiger partial charge is 0.231 e. The minimum absolute atomic E-state index is 0.0945. The normalized spacial score (nSPS) is 15.5. The predicted octanol–water partition coefficient (Wildman–Crippen LogP) is 9.07. The summed E-state index contributed by atoms with van der Waals surface area (Å²) in [6.45, 7) is 13.6. The van der Waals surface area contributed by atoms with Gasteiger partial charge in [-0.1, -0.05) is 58.7 Å². The summed E-state index contributed by atoms with van der Waals surface area (Å²) in [5, 5.41) is 0. The van der Waals surface area contributed by atoms with Gasteiger partial charge in [-0.3, -0.25) is 0 Å². The Morgan fingerprint density at radius 2 is 1.05 bits per heavy atom. The molecule has 0 amide bonds. The molecule has 0 spiro atoms. The minimum atomic E-state index is -0.0945. The zero-order chi connectivity index (χ0) is 29.2. The first-order valence-corrected chi connectivity index (χ1v) is 14.8. The molecule has 4 rings (SSSR count). The highest BCUT2D eigenvalue weighted by Crippen LogP contribution is 2.34. The Labute approximate surface area is 246 Å². The van der Waals surface area contributed by atoms with E-state index in [1.807, 2.05) is 12.1 Å². The molecule has 5 heteroatoms. The maximum absolute atomic E-state index is 6.97. The summed E-state index contributed by atoms with van der Waals surface area (Å²) in [6, 6.07) is 12.4. The monoisotopic (exact) mass is 558 g/mol. The SMILES string of the molecule is CC(C)=CCCC(C)=CC(Cc1ccc2c(c1)OCO2)OC(C=C(C)CCC=C(C)C)Cc1ccc2c(c1)OCO2. The van der Waals surface area contributed by atoms with Gasteiger partial charge >= 0.3 is 0 Å². The van der Waals surface area contributed by atoms with E-state index < -0.39 is 0 Å². The highest BCUT2D eigenvalue weighted by Gasteiger charge is 2.20. The molecule has 0 saturated carbocycles. The van der Waals surface area contributed by atoms with Crippen molar-refractivity contribution in [1.82, 2.24) is 0 Å². The molecule has 2 aromatic carbocycles. The summed E-state index contributed by atoms with van der Waals surface area (Å²) >= 11 is 0. The van der Waals surface area contributed by atoms with Gasteiger partial charge in [-0.15, -0.1) is 0 Å². The third kappa shape index (κ3) is 9.86. The summed E-state index contributed by atoms with van der Waals surface area (Å²) < 4.78 is 29.4. The highest BCUT2D eigenvalue weighted by molar-refractivity contribution is 5.45. The average molecular weight is 559 g/mol. The van der Waals surface area contributed by atoms with Crippen LogP contribution in [-0.4, -0.2) is 25.8 Å². The lowest BCUT2D eigenvalue weighted by molar-refractivity contribution is 0.0410. The van der Waals surface area contributed by atoms with Crippen LogP contribution in [0.25, 0.3) is 0 Å². The van der Waals surface area contributed by atoms with Gasteiger partial charge in [0, 0.05) is 12.8 Å². The number of ether oxygens (including phenoxy) is 5. The molecule has 0 N–H and O–H groups in total. The van der Waals surface area contributed by atoms with Crippen molar-refractivity contribution in [2.24, 2.45) is 0 Å². The standard InChI is InChI=1S/C36H46O5/c1-25(2)9-7-11-27(5)17-31(19-29-13-15-33-35(21-29)39-23-37-33)41-32(18-28(6)12-8-10-26(3)4)20-30-14-16-34-36(22-30)40-24-38-34/h9-10,13-18,21-22,31-32H,7-8,11-12,19-20,23-24H2,1-6H3. The number of hydrogen-bond donors (Lipinski definition) is 0. The van der Waals surface area contributed by atoms with Crippen LogP contribution in [0, 0.1) is 0 Å². The van der Waals surface area contributed by atoms with E-state index in [4.69, 9.17) is 23.7 Å². The van der Waals surface area contributed by atoms with Crippen molar-refractivity contribution in [3.05, 3.63) is 94.1 Å². The lowest BCUT2D eigenvalue weighted by atomic mass is 10.0. The second-order valence-electron chi connectivity index (χ2n) is 11.7. The van der Waals surface area contributed by atoms with E-state index in [0.29, 0.717) is 0 Å². The van der Waals surface area contributed by atoms with Gasteiger partial charge in [0.05, 0.1) is 12.2 Å².